The molecule has 0 aromatic rings. The summed E-state index contributed by atoms with van der Waals surface area (Å²) in [6, 6.07) is 0. The SMILES string of the molecule is CCCCCCCCC1=[C]([Ti][C]2=C(CCCCCCCC)C=CC2)CC=C1.Cl.Cl. The molecule has 2 aliphatic rings. The van der Waals surface area contributed by atoms with Crippen LogP contribution in [0.25, 0.3) is 0 Å². The third-order valence-corrected chi connectivity index (χ3v) is 8.54. The van der Waals surface area contributed by atoms with Crippen molar-refractivity contribution < 1.29 is 19.2 Å². The van der Waals surface area contributed by atoms with E-state index in [2.05, 4.69) is 38.2 Å². The van der Waals surface area contributed by atoms with E-state index in [-0.39, 0.29) is 44.0 Å². The van der Waals surface area contributed by atoms with Crippen LogP contribution < -0.4 is 0 Å². The van der Waals surface area contributed by atoms with Crippen LogP contribution in [0.15, 0.2) is 43.2 Å². The van der Waals surface area contributed by atoms with Crippen LogP contribution in [-0.2, 0) is 19.2 Å². The maximum Gasteiger partial charge on any atom is -0.147 e. The van der Waals surface area contributed by atoms with Crippen molar-refractivity contribution in [1.82, 2.24) is 0 Å². The summed E-state index contributed by atoms with van der Waals surface area (Å²) < 4.78 is 3.70. The minimum Gasteiger partial charge on any atom is -0.147 e. The van der Waals surface area contributed by atoms with E-state index < -0.39 is 0 Å². The molecule has 2 aliphatic carbocycles. The molecular weight excluding hydrogens is 431 g/mol. The van der Waals surface area contributed by atoms with Crippen molar-refractivity contribution in [2.45, 2.75) is 117 Å². The van der Waals surface area contributed by atoms with Gasteiger partial charge in [0.2, 0.25) is 0 Å². The van der Waals surface area contributed by atoms with Gasteiger partial charge in [0.05, 0.1) is 0 Å². The molecule has 0 spiro atoms. The summed E-state index contributed by atoms with van der Waals surface area (Å²) in [5, 5.41) is 0. The predicted molar refractivity (Wildman–Crippen MR) is 132 cm³/mol. The van der Waals surface area contributed by atoms with Gasteiger partial charge in [0, 0.05) is 0 Å². The van der Waals surface area contributed by atoms with E-state index in [0.29, 0.717) is 0 Å². The topological polar surface area (TPSA) is 0 Å². The zero-order valence-corrected chi connectivity index (χ0v) is 22.1. The van der Waals surface area contributed by atoms with Crippen molar-refractivity contribution >= 4 is 24.8 Å². The minimum atomic E-state index is -0.0478. The first-order valence-electron chi connectivity index (χ1n) is 11.9. The molecular formula is C26H44Cl2Ti. The molecule has 0 saturated carbocycles. The quantitative estimate of drug-likeness (QED) is 0.154. The molecule has 0 bridgehead atoms. The molecule has 0 unspecified atom stereocenters. The van der Waals surface area contributed by atoms with Crippen molar-refractivity contribution in [3.63, 3.8) is 0 Å². The zero-order chi connectivity index (χ0) is 19.2. The van der Waals surface area contributed by atoms with Crippen LogP contribution in [0.4, 0.5) is 0 Å². The van der Waals surface area contributed by atoms with Gasteiger partial charge in [0.1, 0.15) is 0 Å². The molecule has 0 aliphatic heterocycles. The van der Waals surface area contributed by atoms with Gasteiger partial charge in [-0.3, -0.25) is 0 Å². The van der Waals surface area contributed by atoms with E-state index >= 15 is 0 Å². The summed E-state index contributed by atoms with van der Waals surface area (Å²) in [5.41, 5.74) is 3.45. The molecule has 0 nitrogen and oxygen atoms in total. The Balaban J connectivity index is 0.00000392. The van der Waals surface area contributed by atoms with Gasteiger partial charge >= 0.3 is 179 Å². The predicted octanol–water partition coefficient (Wildman–Crippen LogP) is 9.84. The van der Waals surface area contributed by atoms with E-state index in [1.807, 2.05) is 7.76 Å². The third kappa shape index (κ3) is 12.0. The summed E-state index contributed by atoms with van der Waals surface area (Å²) in [6.45, 7) is 4.61. The molecule has 0 N–H and O–H groups in total. The second kappa shape index (κ2) is 19.0. The Morgan fingerprint density at radius 3 is 1.38 bits per heavy atom. The fourth-order valence-corrected chi connectivity index (χ4v) is 6.61. The molecule has 0 aromatic heterocycles. The maximum atomic E-state index is 2.46. The molecule has 29 heavy (non-hydrogen) atoms. The fourth-order valence-electron chi connectivity index (χ4n) is 4.21. The monoisotopic (exact) mass is 474 g/mol. The molecule has 0 atom stereocenters. The van der Waals surface area contributed by atoms with Crippen LogP contribution in [-0.4, -0.2) is 0 Å². The Labute approximate surface area is 202 Å². The van der Waals surface area contributed by atoms with E-state index in [9.17, 15) is 0 Å². The van der Waals surface area contributed by atoms with E-state index in [1.54, 1.807) is 11.1 Å². The van der Waals surface area contributed by atoms with Gasteiger partial charge in [0.15, 0.2) is 0 Å². The Kier molecular flexibility index (Phi) is 19.1. The number of allylic oxidation sites excluding steroid dienone is 8. The first-order valence-corrected chi connectivity index (χ1v) is 13.5. The number of hydrogen-bond acceptors (Lipinski definition) is 0. The van der Waals surface area contributed by atoms with Gasteiger partial charge in [-0.25, -0.2) is 0 Å². The zero-order valence-electron chi connectivity index (χ0n) is 18.9. The summed E-state index contributed by atoms with van der Waals surface area (Å²) in [5.74, 6) is 0. The Hall–Kier alpha value is 0.254. The molecule has 0 radical (unpaired) electrons. The van der Waals surface area contributed by atoms with Crippen molar-refractivity contribution in [2.24, 2.45) is 0 Å². The Bertz CT molecular complexity index is 495. The van der Waals surface area contributed by atoms with E-state index in [4.69, 9.17) is 0 Å². The fraction of sp³-hybridized carbons (Fsp3) is 0.692. The molecule has 3 heteroatoms. The van der Waals surface area contributed by atoms with Crippen molar-refractivity contribution in [1.29, 1.82) is 0 Å². The standard InChI is InChI=1S/2C13H21.2ClH.Ti/c2*1-2-3-4-5-6-7-10-13-11-8-9-12-13;;;/h2*8,11H,2-7,9-10H2,1H3;2*1H;. The molecule has 166 valence electrons. The first-order chi connectivity index (χ1) is 13.3. The van der Waals surface area contributed by atoms with Gasteiger partial charge in [-0.05, 0) is 0 Å². The maximum absolute atomic E-state index is 2.46. The van der Waals surface area contributed by atoms with Gasteiger partial charge < -0.3 is 0 Å². The average molecular weight is 475 g/mol. The largest absolute Gasteiger partial charge is 0.147 e. The van der Waals surface area contributed by atoms with Crippen LogP contribution >= 0.6 is 24.8 Å². The first kappa shape index (κ1) is 29.3. The van der Waals surface area contributed by atoms with Gasteiger partial charge in [-0.2, -0.15) is 0 Å². The molecule has 0 aromatic carbocycles. The van der Waals surface area contributed by atoms with Crippen molar-refractivity contribution in [2.75, 3.05) is 0 Å². The summed E-state index contributed by atoms with van der Waals surface area (Å²) in [6.07, 6.45) is 32.0. The number of hydrogen-bond donors (Lipinski definition) is 0. The minimum absolute atomic E-state index is 0. The Morgan fingerprint density at radius 1 is 0.586 bits per heavy atom. The van der Waals surface area contributed by atoms with E-state index in [0.717, 1.165) is 0 Å². The number of halogens is 2. The summed E-state index contributed by atoms with van der Waals surface area (Å²) >= 11 is -0.0478. The van der Waals surface area contributed by atoms with Gasteiger partial charge in [-0.15, -0.1) is 24.8 Å². The molecule has 0 saturated heterocycles. The van der Waals surface area contributed by atoms with E-state index in [1.165, 1.54) is 103 Å². The van der Waals surface area contributed by atoms with Crippen molar-refractivity contribution in [3.05, 3.63) is 43.2 Å². The van der Waals surface area contributed by atoms with Crippen LogP contribution in [0.3, 0.4) is 0 Å². The second-order valence-electron chi connectivity index (χ2n) is 8.38. The van der Waals surface area contributed by atoms with Gasteiger partial charge in [-0.1, -0.05) is 0 Å². The molecule has 0 heterocycles. The second-order valence-corrected chi connectivity index (χ2v) is 10.7. The third-order valence-electron chi connectivity index (χ3n) is 5.96. The smallest absolute Gasteiger partial charge is 0.147 e. The average Bonchev–Trinajstić information content (AvgIpc) is 3.31. The van der Waals surface area contributed by atoms with Crippen LogP contribution in [0.5, 0.6) is 0 Å². The molecule has 0 amide bonds. The number of rotatable bonds is 16. The molecule has 2 rings (SSSR count). The normalized spacial score (nSPS) is 15.1. The number of unbranched alkanes of at least 4 members (excludes halogenated alkanes) is 10. The summed E-state index contributed by atoms with van der Waals surface area (Å²) in [4.78, 5) is 0. The Morgan fingerprint density at radius 2 is 0.966 bits per heavy atom. The van der Waals surface area contributed by atoms with Crippen molar-refractivity contribution in [3.8, 4) is 0 Å². The van der Waals surface area contributed by atoms with Crippen LogP contribution in [0, 0.1) is 0 Å². The molecule has 0 fully saturated rings. The van der Waals surface area contributed by atoms with Gasteiger partial charge in [0.25, 0.3) is 0 Å². The van der Waals surface area contributed by atoms with Crippen LogP contribution in [0.1, 0.15) is 117 Å². The van der Waals surface area contributed by atoms with Crippen LogP contribution in [0.2, 0.25) is 0 Å². The summed E-state index contributed by atoms with van der Waals surface area (Å²) in [7, 11) is 0.